The van der Waals surface area contributed by atoms with E-state index in [0.717, 1.165) is 11.1 Å². The summed E-state index contributed by atoms with van der Waals surface area (Å²) in [4.78, 5) is 25.2. The molecule has 1 aliphatic carbocycles. The first-order valence-electron chi connectivity index (χ1n) is 7.82. The minimum atomic E-state index is -1.02. The third-order valence-electron chi connectivity index (χ3n) is 5.25. The third-order valence-corrected chi connectivity index (χ3v) is 5.25. The average molecular weight is 324 g/mol. The molecular weight excluding hydrogens is 304 g/mol. The van der Waals surface area contributed by atoms with Crippen LogP contribution >= 0.6 is 0 Å². The predicted octanol–water partition coefficient (Wildman–Crippen LogP) is 2.95. The molecule has 0 amide bonds. The van der Waals surface area contributed by atoms with Crippen LogP contribution in [0.2, 0.25) is 0 Å². The number of ether oxygens (including phenoxy) is 2. The molecule has 2 aromatic rings. The van der Waals surface area contributed by atoms with Crippen LogP contribution in [0, 0.1) is 11.3 Å². The first kappa shape index (κ1) is 16.2. The molecular formula is C20H20O4. The Balaban J connectivity index is 2.29. The Bertz CT molecular complexity index is 714. The molecule has 0 N–H and O–H groups in total. The zero-order valence-electron chi connectivity index (χ0n) is 14.0. The van der Waals surface area contributed by atoms with E-state index in [-0.39, 0.29) is 0 Å². The highest BCUT2D eigenvalue weighted by molar-refractivity contribution is 5.97. The van der Waals surface area contributed by atoms with Gasteiger partial charge in [0.2, 0.25) is 0 Å². The Morgan fingerprint density at radius 2 is 1.29 bits per heavy atom. The van der Waals surface area contributed by atoms with Gasteiger partial charge in [0, 0.05) is 0 Å². The van der Waals surface area contributed by atoms with E-state index < -0.39 is 28.7 Å². The molecule has 124 valence electrons. The lowest BCUT2D eigenvalue weighted by atomic mass is 9.80. The summed E-state index contributed by atoms with van der Waals surface area (Å²) in [6.45, 7) is 1.78. The highest BCUT2D eigenvalue weighted by Crippen LogP contribution is 2.73. The quantitative estimate of drug-likeness (QED) is 0.812. The molecule has 4 nitrogen and oxygen atoms in total. The molecule has 2 atom stereocenters. The number of carbonyl (C=O) groups is 2. The van der Waals surface area contributed by atoms with Gasteiger partial charge in [-0.3, -0.25) is 9.59 Å². The second-order valence-electron chi connectivity index (χ2n) is 6.19. The summed E-state index contributed by atoms with van der Waals surface area (Å²) in [6, 6.07) is 19.2. The van der Waals surface area contributed by atoms with Gasteiger partial charge in [-0.2, -0.15) is 0 Å². The number of carbonyl (C=O) groups excluding carboxylic acids is 2. The van der Waals surface area contributed by atoms with E-state index in [9.17, 15) is 9.59 Å². The van der Waals surface area contributed by atoms with Crippen molar-refractivity contribution in [1.29, 1.82) is 0 Å². The molecule has 1 fully saturated rings. The van der Waals surface area contributed by atoms with Gasteiger partial charge in [0.05, 0.1) is 31.0 Å². The highest BCUT2D eigenvalue weighted by atomic mass is 16.5. The van der Waals surface area contributed by atoms with Crippen LogP contribution in [0.3, 0.4) is 0 Å². The van der Waals surface area contributed by atoms with Gasteiger partial charge in [-0.05, 0) is 18.1 Å². The van der Waals surface area contributed by atoms with Gasteiger partial charge in [0.1, 0.15) is 0 Å². The summed E-state index contributed by atoms with van der Waals surface area (Å²) >= 11 is 0. The van der Waals surface area contributed by atoms with Crippen molar-refractivity contribution in [3.63, 3.8) is 0 Å². The molecule has 0 aromatic heterocycles. The topological polar surface area (TPSA) is 52.6 Å². The van der Waals surface area contributed by atoms with Crippen molar-refractivity contribution in [3.8, 4) is 0 Å². The van der Waals surface area contributed by atoms with Gasteiger partial charge >= 0.3 is 11.9 Å². The minimum Gasteiger partial charge on any atom is -0.469 e. The van der Waals surface area contributed by atoms with Crippen LogP contribution in [0.15, 0.2) is 60.7 Å². The van der Waals surface area contributed by atoms with Crippen molar-refractivity contribution in [2.75, 3.05) is 14.2 Å². The van der Waals surface area contributed by atoms with Gasteiger partial charge in [-0.15, -0.1) is 0 Å². The zero-order chi connectivity index (χ0) is 17.4. The standard InChI is InChI=1S/C20H20O4/c1-19(18(22)24-3)16(17(21)23-2)20(19,14-10-6-4-7-11-14)15-12-8-5-9-13-15/h4-13,16H,1-3H3/t16-,19+/m0/s1. The first-order chi connectivity index (χ1) is 11.5. The fourth-order valence-corrected chi connectivity index (χ4v) is 4.14. The highest BCUT2D eigenvalue weighted by Gasteiger charge is 2.83. The second-order valence-corrected chi connectivity index (χ2v) is 6.19. The lowest BCUT2D eigenvalue weighted by Gasteiger charge is -2.22. The van der Waals surface area contributed by atoms with Crippen LogP contribution in [0.25, 0.3) is 0 Å². The largest absolute Gasteiger partial charge is 0.469 e. The van der Waals surface area contributed by atoms with E-state index >= 15 is 0 Å². The summed E-state index contributed by atoms with van der Waals surface area (Å²) in [5, 5.41) is 0. The number of esters is 2. The lowest BCUT2D eigenvalue weighted by Crippen LogP contribution is -2.26. The fraction of sp³-hybridized carbons (Fsp3) is 0.300. The minimum absolute atomic E-state index is 0.407. The average Bonchev–Trinajstić information content (AvgIpc) is 3.24. The predicted molar refractivity (Wildman–Crippen MR) is 89.3 cm³/mol. The lowest BCUT2D eigenvalue weighted by molar-refractivity contribution is -0.152. The van der Waals surface area contributed by atoms with Crippen molar-refractivity contribution in [2.45, 2.75) is 12.3 Å². The van der Waals surface area contributed by atoms with Gasteiger partial charge in [-0.1, -0.05) is 60.7 Å². The fourth-order valence-electron chi connectivity index (χ4n) is 4.14. The van der Waals surface area contributed by atoms with Gasteiger partial charge in [0.15, 0.2) is 0 Å². The van der Waals surface area contributed by atoms with Crippen molar-refractivity contribution < 1.29 is 19.1 Å². The molecule has 4 heteroatoms. The maximum Gasteiger partial charge on any atom is 0.313 e. The zero-order valence-corrected chi connectivity index (χ0v) is 14.0. The summed E-state index contributed by atoms with van der Waals surface area (Å²) in [7, 11) is 2.69. The summed E-state index contributed by atoms with van der Waals surface area (Å²) in [5.74, 6) is -1.45. The van der Waals surface area contributed by atoms with Crippen molar-refractivity contribution in [2.24, 2.45) is 11.3 Å². The van der Waals surface area contributed by atoms with E-state index in [1.165, 1.54) is 14.2 Å². The van der Waals surface area contributed by atoms with E-state index in [1.54, 1.807) is 6.92 Å². The van der Waals surface area contributed by atoms with E-state index in [0.29, 0.717) is 0 Å². The SMILES string of the molecule is COC(=O)[C@@H]1C(c2ccccc2)(c2ccccc2)[C@@]1(C)C(=O)OC. The van der Waals surface area contributed by atoms with E-state index in [4.69, 9.17) is 9.47 Å². The molecule has 0 radical (unpaired) electrons. The summed E-state index contributed by atoms with van der Waals surface area (Å²) in [6.07, 6.45) is 0. The van der Waals surface area contributed by atoms with Crippen molar-refractivity contribution in [3.05, 3.63) is 71.8 Å². The van der Waals surface area contributed by atoms with Gasteiger partial charge < -0.3 is 9.47 Å². The number of rotatable bonds is 4. The molecule has 0 heterocycles. The normalized spacial score (nSPS) is 24.0. The van der Waals surface area contributed by atoms with E-state index in [2.05, 4.69) is 0 Å². The molecule has 0 aliphatic heterocycles. The Hall–Kier alpha value is -2.62. The van der Waals surface area contributed by atoms with Crippen LogP contribution in [0.1, 0.15) is 18.1 Å². The number of methoxy groups -OCH3 is 2. The molecule has 2 aromatic carbocycles. The molecule has 3 rings (SSSR count). The first-order valence-corrected chi connectivity index (χ1v) is 7.82. The van der Waals surface area contributed by atoms with Gasteiger partial charge in [0.25, 0.3) is 0 Å². The van der Waals surface area contributed by atoms with Crippen LogP contribution in [-0.2, 0) is 24.5 Å². The third kappa shape index (κ3) is 1.92. The number of hydrogen-bond donors (Lipinski definition) is 0. The Morgan fingerprint density at radius 3 is 1.67 bits per heavy atom. The van der Waals surface area contributed by atoms with Crippen LogP contribution < -0.4 is 0 Å². The number of benzene rings is 2. The number of hydrogen-bond acceptors (Lipinski definition) is 4. The smallest absolute Gasteiger partial charge is 0.313 e. The molecule has 0 unspecified atom stereocenters. The Kier molecular flexibility index (Phi) is 3.91. The second kappa shape index (κ2) is 5.78. The van der Waals surface area contributed by atoms with Crippen molar-refractivity contribution in [1.82, 2.24) is 0 Å². The summed E-state index contributed by atoms with van der Waals surface area (Å²) < 4.78 is 10.1. The molecule has 24 heavy (non-hydrogen) atoms. The maximum atomic E-state index is 12.7. The summed E-state index contributed by atoms with van der Waals surface area (Å²) in [5.41, 5.74) is -0.00762. The molecule has 0 bridgehead atoms. The van der Waals surface area contributed by atoms with Crippen molar-refractivity contribution >= 4 is 11.9 Å². The maximum absolute atomic E-state index is 12.7. The Morgan fingerprint density at radius 1 is 0.833 bits per heavy atom. The van der Waals surface area contributed by atoms with Crippen LogP contribution in [-0.4, -0.2) is 26.2 Å². The monoisotopic (exact) mass is 324 g/mol. The molecule has 0 spiro atoms. The van der Waals surface area contributed by atoms with Crippen LogP contribution in [0.4, 0.5) is 0 Å². The molecule has 1 saturated carbocycles. The molecule has 1 aliphatic rings. The van der Waals surface area contributed by atoms with Crippen LogP contribution in [0.5, 0.6) is 0 Å². The molecule has 0 saturated heterocycles. The van der Waals surface area contributed by atoms with E-state index in [1.807, 2.05) is 60.7 Å². The Labute approximate surface area is 141 Å². The van der Waals surface area contributed by atoms with Gasteiger partial charge in [-0.25, -0.2) is 0 Å².